The van der Waals surface area contributed by atoms with Gasteiger partial charge in [-0.25, -0.2) is 0 Å². The summed E-state index contributed by atoms with van der Waals surface area (Å²) in [5, 5.41) is 9.18. The summed E-state index contributed by atoms with van der Waals surface area (Å²) in [6, 6.07) is 18.0. The van der Waals surface area contributed by atoms with E-state index in [1.54, 1.807) is 0 Å². The van der Waals surface area contributed by atoms with Crippen LogP contribution < -0.4 is 0 Å². The summed E-state index contributed by atoms with van der Waals surface area (Å²) in [4.78, 5) is 15.1. The second-order valence-electron chi connectivity index (χ2n) is 6.60. The maximum atomic E-state index is 13.2. The second kappa shape index (κ2) is 9.06. The number of nitrogens with zero attached hydrogens (tertiary/aromatic N) is 4. The van der Waals surface area contributed by atoms with E-state index in [2.05, 4.69) is 23.2 Å². The molecule has 28 heavy (non-hydrogen) atoms. The van der Waals surface area contributed by atoms with Gasteiger partial charge < -0.3 is 9.47 Å². The van der Waals surface area contributed by atoms with Crippen LogP contribution in [0.5, 0.6) is 0 Å². The topological polar surface area (TPSA) is 51.0 Å². The quantitative estimate of drug-likeness (QED) is 0.554. The van der Waals surface area contributed by atoms with Gasteiger partial charge in [0.15, 0.2) is 11.0 Å². The summed E-state index contributed by atoms with van der Waals surface area (Å²) in [6.45, 7) is 7.45. The number of aryl methyl sites for hydroxylation is 1. The van der Waals surface area contributed by atoms with Gasteiger partial charge in [-0.2, -0.15) is 0 Å². The summed E-state index contributed by atoms with van der Waals surface area (Å²) in [6.07, 6.45) is 0. The molecule has 3 rings (SSSR count). The fourth-order valence-electron chi connectivity index (χ4n) is 3.17. The molecule has 0 saturated carbocycles. The van der Waals surface area contributed by atoms with Gasteiger partial charge in [-0.15, -0.1) is 10.2 Å². The van der Waals surface area contributed by atoms with Crippen molar-refractivity contribution < 1.29 is 4.79 Å². The van der Waals surface area contributed by atoms with Crippen LogP contribution in [0.1, 0.15) is 30.2 Å². The first-order valence-corrected chi connectivity index (χ1v) is 10.4. The molecule has 5 nitrogen and oxygen atoms in total. The minimum atomic E-state index is -0.353. The van der Waals surface area contributed by atoms with Crippen LogP contribution in [-0.2, 0) is 11.8 Å². The molecule has 0 bridgehead atoms. The highest BCUT2D eigenvalue weighted by atomic mass is 32.2. The predicted molar refractivity (Wildman–Crippen MR) is 114 cm³/mol. The third-order valence-corrected chi connectivity index (χ3v) is 6.12. The van der Waals surface area contributed by atoms with Crippen LogP contribution in [0.25, 0.3) is 11.4 Å². The van der Waals surface area contributed by atoms with Crippen LogP contribution in [0.3, 0.4) is 0 Å². The van der Waals surface area contributed by atoms with E-state index in [0.717, 1.165) is 27.7 Å². The van der Waals surface area contributed by atoms with Gasteiger partial charge in [0.2, 0.25) is 5.91 Å². The normalized spacial score (nSPS) is 12.0. The molecule has 0 fully saturated rings. The molecule has 0 aliphatic heterocycles. The number of rotatable bonds is 7. The smallest absolute Gasteiger partial charge is 0.240 e. The molecule has 1 atom stereocenters. The number of carbonyl (C=O) groups excluding carboxylic acids is 1. The third-order valence-electron chi connectivity index (χ3n) is 4.85. The van der Waals surface area contributed by atoms with Crippen molar-refractivity contribution in [1.29, 1.82) is 0 Å². The van der Waals surface area contributed by atoms with Crippen molar-refractivity contribution in [1.82, 2.24) is 19.7 Å². The summed E-state index contributed by atoms with van der Waals surface area (Å²) in [5.74, 6) is 0.907. The van der Waals surface area contributed by atoms with Crippen LogP contribution in [0, 0.1) is 6.92 Å². The van der Waals surface area contributed by atoms with Crippen molar-refractivity contribution in [3.05, 3.63) is 65.7 Å². The van der Waals surface area contributed by atoms with Crippen molar-refractivity contribution >= 4 is 17.7 Å². The highest BCUT2D eigenvalue weighted by Gasteiger charge is 2.28. The molecule has 2 aromatic carbocycles. The lowest BCUT2D eigenvalue weighted by Crippen LogP contribution is -2.34. The average molecular weight is 395 g/mol. The number of hydrogen-bond donors (Lipinski definition) is 0. The minimum absolute atomic E-state index is 0.0987. The largest absolute Gasteiger partial charge is 0.342 e. The van der Waals surface area contributed by atoms with Crippen LogP contribution in [-0.4, -0.2) is 38.7 Å². The summed E-state index contributed by atoms with van der Waals surface area (Å²) >= 11 is 1.46. The fraction of sp³-hybridized carbons (Fsp3) is 0.318. The molecule has 0 aliphatic rings. The molecule has 146 valence electrons. The summed E-state index contributed by atoms with van der Waals surface area (Å²) in [5.41, 5.74) is 3.17. The standard InChI is InChI=1S/C22H26N4OS/c1-5-26(6-2)21(27)19(17-13-8-7-9-14-17)28-22-24-23-20(25(22)4)18-15-11-10-12-16(18)3/h7-15,19H,5-6H2,1-4H3/t19-/m0/s1. The van der Waals surface area contributed by atoms with Crippen LogP contribution in [0.4, 0.5) is 0 Å². The Kier molecular flexibility index (Phi) is 6.52. The van der Waals surface area contributed by atoms with Gasteiger partial charge in [-0.3, -0.25) is 4.79 Å². The maximum Gasteiger partial charge on any atom is 0.240 e. The van der Waals surface area contributed by atoms with E-state index in [4.69, 9.17) is 0 Å². The zero-order chi connectivity index (χ0) is 20.1. The van der Waals surface area contributed by atoms with Gasteiger partial charge >= 0.3 is 0 Å². The fourth-order valence-corrected chi connectivity index (χ4v) is 4.26. The first-order chi connectivity index (χ1) is 13.6. The molecule has 0 N–H and O–H groups in total. The molecular weight excluding hydrogens is 368 g/mol. The first-order valence-electron chi connectivity index (χ1n) is 9.52. The molecule has 0 spiro atoms. The van der Waals surface area contributed by atoms with Crippen molar-refractivity contribution in [2.24, 2.45) is 7.05 Å². The summed E-state index contributed by atoms with van der Waals surface area (Å²) in [7, 11) is 1.95. The van der Waals surface area contributed by atoms with Crippen molar-refractivity contribution in [2.75, 3.05) is 13.1 Å². The second-order valence-corrected chi connectivity index (χ2v) is 7.67. The lowest BCUT2D eigenvalue weighted by atomic mass is 10.1. The van der Waals surface area contributed by atoms with E-state index in [0.29, 0.717) is 13.1 Å². The number of aromatic nitrogens is 3. The summed E-state index contributed by atoms with van der Waals surface area (Å²) < 4.78 is 1.97. The minimum Gasteiger partial charge on any atom is -0.342 e. The van der Waals surface area contributed by atoms with Crippen molar-refractivity contribution in [3.63, 3.8) is 0 Å². The van der Waals surface area contributed by atoms with Gasteiger partial charge in [-0.05, 0) is 31.9 Å². The van der Waals surface area contributed by atoms with Gasteiger partial charge in [0.25, 0.3) is 0 Å². The molecule has 0 aliphatic carbocycles. The Hall–Kier alpha value is -2.60. The molecule has 1 aromatic heterocycles. The van der Waals surface area contributed by atoms with E-state index in [-0.39, 0.29) is 11.2 Å². The Morgan fingerprint density at radius 1 is 1.04 bits per heavy atom. The van der Waals surface area contributed by atoms with Crippen LogP contribution >= 0.6 is 11.8 Å². The number of hydrogen-bond acceptors (Lipinski definition) is 4. The number of thioether (sulfide) groups is 1. The van der Waals surface area contributed by atoms with E-state index in [1.165, 1.54) is 11.8 Å². The zero-order valence-corrected chi connectivity index (χ0v) is 17.6. The monoisotopic (exact) mass is 394 g/mol. The molecule has 0 radical (unpaired) electrons. The molecule has 0 saturated heterocycles. The number of likely N-dealkylation sites (N-methyl/N-ethyl adjacent to an activating group) is 1. The highest BCUT2D eigenvalue weighted by molar-refractivity contribution is 8.00. The van der Waals surface area contributed by atoms with Gasteiger partial charge in [0.05, 0.1) is 0 Å². The van der Waals surface area contributed by atoms with E-state index in [1.807, 2.05) is 78.9 Å². The van der Waals surface area contributed by atoms with E-state index >= 15 is 0 Å². The molecule has 6 heteroatoms. The number of amides is 1. The molecule has 1 amide bonds. The highest BCUT2D eigenvalue weighted by Crippen LogP contribution is 2.37. The van der Waals surface area contributed by atoms with E-state index in [9.17, 15) is 4.79 Å². The SMILES string of the molecule is CCN(CC)C(=O)[C@@H](Sc1nnc(-c2ccccc2C)n1C)c1ccccc1. The van der Waals surface area contributed by atoms with Crippen molar-refractivity contribution in [2.45, 2.75) is 31.2 Å². The zero-order valence-electron chi connectivity index (χ0n) is 16.8. The molecular formula is C22H26N4OS. The van der Waals surface area contributed by atoms with Crippen LogP contribution in [0.2, 0.25) is 0 Å². The van der Waals surface area contributed by atoms with Gasteiger partial charge in [-0.1, -0.05) is 66.4 Å². The first kappa shape index (κ1) is 20.1. The van der Waals surface area contributed by atoms with E-state index < -0.39 is 0 Å². The predicted octanol–water partition coefficient (Wildman–Crippen LogP) is 4.49. The Morgan fingerprint density at radius 3 is 2.32 bits per heavy atom. The third kappa shape index (κ3) is 4.12. The lowest BCUT2D eigenvalue weighted by molar-refractivity contribution is -0.130. The lowest BCUT2D eigenvalue weighted by Gasteiger charge is -2.24. The Labute approximate surface area is 170 Å². The molecule has 3 aromatic rings. The maximum absolute atomic E-state index is 13.2. The Bertz CT molecular complexity index is 935. The van der Waals surface area contributed by atoms with Gasteiger partial charge in [0.1, 0.15) is 5.25 Å². The van der Waals surface area contributed by atoms with Gasteiger partial charge in [0, 0.05) is 25.7 Å². The number of benzene rings is 2. The average Bonchev–Trinajstić information content (AvgIpc) is 3.08. The molecule has 1 heterocycles. The Balaban J connectivity index is 1.96. The number of carbonyl (C=O) groups is 1. The Morgan fingerprint density at radius 2 is 1.68 bits per heavy atom. The molecule has 0 unspecified atom stereocenters. The van der Waals surface area contributed by atoms with Crippen molar-refractivity contribution in [3.8, 4) is 11.4 Å². The van der Waals surface area contributed by atoms with Crippen LogP contribution in [0.15, 0.2) is 59.8 Å².